The average Bonchev–Trinajstić information content (AvgIpc) is 2.69. The van der Waals surface area contributed by atoms with Crippen molar-refractivity contribution in [1.82, 2.24) is 4.90 Å². The van der Waals surface area contributed by atoms with Crippen LogP contribution < -0.4 is 5.73 Å². The van der Waals surface area contributed by atoms with Gasteiger partial charge in [-0.1, -0.05) is 49.6 Å². The Morgan fingerprint density at radius 2 is 2.05 bits per heavy atom. The van der Waals surface area contributed by atoms with E-state index in [0.29, 0.717) is 0 Å². The Bertz CT molecular complexity index is 462. The lowest BCUT2D eigenvalue weighted by Gasteiger charge is -2.44. The zero-order valence-corrected chi connectivity index (χ0v) is 14.4. The van der Waals surface area contributed by atoms with Crippen LogP contribution in [0, 0.1) is 5.92 Å². The molecule has 1 fully saturated rings. The van der Waals surface area contributed by atoms with E-state index in [4.69, 9.17) is 17.3 Å². The van der Waals surface area contributed by atoms with E-state index in [9.17, 15) is 0 Å². The molecule has 21 heavy (non-hydrogen) atoms. The maximum absolute atomic E-state index is 6.39. The van der Waals surface area contributed by atoms with Crippen LogP contribution in [0.5, 0.6) is 0 Å². The average molecular weight is 309 g/mol. The Kier molecular flexibility index (Phi) is 5.70. The topological polar surface area (TPSA) is 29.3 Å². The zero-order chi connectivity index (χ0) is 15.5. The third kappa shape index (κ3) is 3.61. The molecule has 2 N–H and O–H groups in total. The van der Waals surface area contributed by atoms with Crippen LogP contribution in [0.15, 0.2) is 24.3 Å². The van der Waals surface area contributed by atoms with E-state index >= 15 is 0 Å². The highest BCUT2D eigenvalue weighted by Crippen LogP contribution is 2.38. The molecule has 0 radical (unpaired) electrons. The van der Waals surface area contributed by atoms with Gasteiger partial charge in [-0.25, -0.2) is 0 Å². The second-order valence-electron chi connectivity index (χ2n) is 6.77. The molecule has 1 aromatic carbocycles. The first-order valence-electron chi connectivity index (χ1n) is 8.17. The summed E-state index contributed by atoms with van der Waals surface area (Å²) in [5.74, 6) is 0.822. The molecule has 118 valence electrons. The first kappa shape index (κ1) is 16.8. The molecule has 0 spiro atoms. The molecule has 1 aromatic rings. The number of hydrogen-bond acceptors (Lipinski definition) is 2. The Morgan fingerprint density at radius 3 is 2.71 bits per heavy atom. The smallest absolute Gasteiger partial charge is 0.0453 e. The number of nitrogens with two attached hydrogens (primary N) is 1. The summed E-state index contributed by atoms with van der Waals surface area (Å²) in [6.07, 6.45) is 6.26. The van der Waals surface area contributed by atoms with Gasteiger partial charge in [0.15, 0.2) is 0 Å². The van der Waals surface area contributed by atoms with Gasteiger partial charge in [-0.05, 0) is 50.8 Å². The van der Waals surface area contributed by atoms with Crippen LogP contribution in [0.4, 0.5) is 0 Å². The van der Waals surface area contributed by atoms with Crippen LogP contribution in [0.3, 0.4) is 0 Å². The van der Waals surface area contributed by atoms with E-state index in [1.807, 2.05) is 12.1 Å². The lowest BCUT2D eigenvalue weighted by atomic mass is 9.86. The number of benzene rings is 1. The molecule has 0 aromatic heterocycles. The Labute approximate surface area is 134 Å². The largest absolute Gasteiger partial charge is 0.329 e. The van der Waals surface area contributed by atoms with Crippen molar-refractivity contribution in [2.45, 2.75) is 57.5 Å². The van der Waals surface area contributed by atoms with Crippen LogP contribution in [-0.4, -0.2) is 24.0 Å². The van der Waals surface area contributed by atoms with E-state index in [2.05, 4.69) is 37.9 Å². The predicted octanol–water partition coefficient (Wildman–Crippen LogP) is 4.63. The normalized spacial score (nSPS) is 28.4. The molecule has 0 amide bonds. The van der Waals surface area contributed by atoms with Gasteiger partial charge in [0, 0.05) is 23.1 Å². The quantitative estimate of drug-likeness (QED) is 0.822. The SMILES string of the molecule is CC1CCCC(CN)(N(C)C(C)c2ccccc2Cl)CC1. The summed E-state index contributed by atoms with van der Waals surface area (Å²) in [5, 5.41) is 0.853. The predicted molar refractivity (Wildman–Crippen MR) is 91.7 cm³/mol. The van der Waals surface area contributed by atoms with Gasteiger partial charge in [0.25, 0.3) is 0 Å². The van der Waals surface area contributed by atoms with E-state index in [1.54, 1.807) is 0 Å². The first-order valence-corrected chi connectivity index (χ1v) is 8.55. The molecule has 0 aliphatic heterocycles. The third-order valence-corrected chi connectivity index (χ3v) is 5.85. The highest BCUT2D eigenvalue weighted by atomic mass is 35.5. The minimum atomic E-state index is 0.114. The Balaban J connectivity index is 2.23. The number of hydrogen-bond donors (Lipinski definition) is 1. The van der Waals surface area contributed by atoms with Crippen molar-refractivity contribution in [2.75, 3.05) is 13.6 Å². The fourth-order valence-electron chi connectivity index (χ4n) is 3.70. The van der Waals surface area contributed by atoms with Crippen molar-refractivity contribution in [3.05, 3.63) is 34.9 Å². The Hall–Kier alpha value is -0.570. The standard InChI is InChI=1S/C18H29ClN2/c1-14-7-6-11-18(13-20,12-10-14)21(3)15(2)16-8-4-5-9-17(16)19/h4-5,8-9,14-15H,6-7,10-13,20H2,1-3H3. The maximum atomic E-state index is 6.39. The molecule has 1 aliphatic rings. The number of likely N-dealkylation sites (N-methyl/N-ethyl adjacent to an activating group) is 1. The van der Waals surface area contributed by atoms with Gasteiger partial charge < -0.3 is 5.73 Å². The lowest BCUT2D eigenvalue weighted by Crippen LogP contribution is -2.52. The fourth-order valence-corrected chi connectivity index (χ4v) is 3.99. The molecule has 0 heterocycles. The van der Waals surface area contributed by atoms with Crippen LogP contribution in [0.2, 0.25) is 5.02 Å². The summed E-state index contributed by atoms with van der Waals surface area (Å²) >= 11 is 6.39. The second kappa shape index (κ2) is 7.13. The molecule has 3 heteroatoms. The zero-order valence-electron chi connectivity index (χ0n) is 13.6. The van der Waals surface area contributed by atoms with Crippen LogP contribution in [0.25, 0.3) is 0 Å². The minimum Gasteiger partial charge on any atom is -0.329 e. The third-order valence-electron chi connectivity index (χ3n) is 5.51. The summed E-state index contributed by atoms with van der Waals surface area (Å²) in [6.45, 7) is 5.34. The second-order valence-corrected chi connectivity index (χ2v) is 7.18. The van der Waals surface area contributed by atoms with Gasteiger partial charge in [0.2, 0.25) is 0 Å². The van der Waals surface area contributed by atoms with Crippen molar-refractivity contribution in [3.63, 3.8) is 0 Å². The summed E-state index contributed by atoms with van der Waals surface area (Å²) in [4.78, 5) is 2.48. The molecule has 0 saturated heterocycles. The summed E-state index contributed by atoms with van der Waals surface area (Å²) in [6, 6.07) is 8.45. The van der Waals surface area contributed by atoms with Crippen molar-refractivity contribution < 1.29 is 0 Å². The van der Waals surface area contributed by atoms with Crippen molar-refractivity contribution in [3.8, 4) is 0 Å². The molecule has 0 bridgehead atoms. The van der Waals surface area contributed by atoms with E-state index in [1.165, 1.54) is 37.7 Å². The van der Waals surface area contributed by atoms with Gasteiger partial charge in [-0.3, -0.25) is 4.90 Å². The molecule has 1 aliphatic carbocycles. The molecule has 3 unspecified atom stereocenters. The Morgan fingerprint density at radius 1 is 1.33 bits per heavy atom. The summed E-state index contributed by atoms with van der Waals surface area (Å²) in [7, 11) is 2.22. The van der Waals surface area contributed by atoms with Crippen LogP contribution in [0.1, 0.15) is 57.6 Å². The van der Waals surface area contributed by atoms with Crippen LogP contribution >= 0.6 is 11.6 Å². The molecule has 1 saturated carbocycles. The molecular formula is C18H29ClN2. The van der Waals surface area contributed by atoms with Crippen molar-refractivity contribution in [2.24, 2.45) is 11.7 Å². The molecule has 3 atom stereocenters. The first-order chi connectivity index (χ1) is 10.00. The van der Waals surface area contributed by atoms with E-state index in [-0.39, 0.29) is 11.6 Å². The number of halogens is 1. The summed E-state index contributed by atoms with van der Waals surface area (Å²) < 4.78 is 0. The van der Waals surface area contributed by atoms with E-state index < -0.39 is 0 Å². The maximum Gasteiger partial charge on any atom is 0.0453 e. The monoisotopic (exact) mass is 308 g/mol. The molecule has 2 rings (SSSR count). The van der Waals surface area contributed by atoms with Gasteiger partial charge in [-0.15, -0.1) is 0 Å². The highest BCUT2D eigenvalue weighted by molar-refractivity contribution is 6.31. The van der Waals surface area contributed by atoms with Gasteiger partial charge in [0.1, 0.15) is 0 Å². The van der Waals surface area contributed by atoms with Gasteiger partial charge in [-0.2, -0.15) is 0 Å². The number of rotatable bonds is 4. The molecular weight excluding hydrogens is 280 g/mol. The summed E-state index contributed by atoms with van der Waals surface area (Å²) in [5.41, 5.74) is 7.55. The number of nitrogens with zero attached hydrogens (tertiary/aromatic N) is 1. The lowest BCUT2D eigenvalue weighted by molar-refractivity contribution is 0.0683. The fraction of sp³-hybridized carbons (Fsp3) is 0.667. The highest BCUT2D eigenvalue weighted by Gasteiger charge is 2.37. The molecule has 2 nitrogen and oxygen atoms in total. The van der Waals surface area contributed by atoms with Crippen LogP contribution in [-0.2, 0) is 0 Å². The van der Waals surface area contributed by atoms with Crippen molar-refractivity contribution >= 4 is 11.6 Å². The van der Waals surface area contributed by atoms with E-state index in [0.717, 1.165) is 17.5 Å². The van der Waals surface area contributed by atoms with Gasteiger partial charge in [0.05, 0.1) is 0 Å². The van der Waals surface area contributed by atoms with Gasteiger partial charge >= 0.3 is 0 Å². The minimum absolute atomic E-state index is 0.114. The van der Waals surface area contributed by atoms with Crippen molar-refractivity contribution in [1.29, 1.82) is 0 Å².